The first kappa shape index (κ1) is 21.7. The molecule has 5 nitrogen and oxygen atoms in total. The van der Waals surface area contributed by atoms with Crippen LogP contribution in [-0.2, 0) is 12.8 Å². The molecular formula is C25H24F3N3O2. The van der Waals surface area contributed by atoms with Gasteiger partial charge in [-0.25, -0.2) is 13.2 Å². The van der Waals surface area contributed by atoms with Crippen molar-refractivity contribution >= 4 is 16.8 Å². The van der Waals surface area contributed by atoms with Gasteiger partial charge in [0.15, 0.2) is 5.43 Å². The molecule has 0 spiro atoms. The Morgan fingerprint density at radius 1 is 1.09 bits per heavy atom. The number of carbonyl (C=O) groups is 1. The van der Waals surface area contributed by atoms with Crippen molar-refractivity contribution in [1.29, 1.82) is 0 Å². The Bertz CT molecular complexity index is 1290. The van der Waals surface area contributed by atoms with Gasteiger partial charge in [-0.05, 0) is 66.8 Å². The molecule has 3 N–H and O–H groups in total. The number of nitrogens with two attached hydrogens (primary N) is 1. The summed E-state index contributed by atoms with van der Waals surface area (Å²) in [5.74, 6) is -3.81. The molecule has 0 saturated heterocycles. The van der Waals surface area contributed by atoms with Gasteiger partial charge in [0.1, 0.15) is 11.5 Å². The molecule has 172 valence electrons. The summed E-state index contributed by atoms with van der Waals surface area (Å²) < 4.78 is 41.7. The van der Waals surface area contributed by atoms with Crippen LogP contribution in [-0.4, -0.2) is 21.8 Å². The van der Waals surface area contributed by atoms with Crippen molar-refractivity contribution in [3.63, 3.8) is 0 Å². The molecule has 5 rings (SSSR count). The van der Waals surface area contributed by atoms with Gasteiger partial charge in [0.25, 0.3) is 5.91 Å². The normalized spacial score (nSPS) is 22.8. The first-order chi connectivity index (χ1) is 15.7. The Hall–Kier alpha value is -3.16. The number of nitrogens with one attached hydrogen (secondary N) is 1. The number of amides is 1. The van der Waals surface area contributed by atoms with Crippen LogP contribution in [0.4, 0.5) is 13.2 Å². The van der Waals surface area contributed by atoms with Crippen molar-refractivity contribution in [3.8, 4) is 0 Å². The van der Waals surface area contributed by atoms with Gasteiger partial charge in [0.2, 0.25) is 5.92 Å². The first-order valence-electron chi connectivity index (χ1n) is 11.2. The Balaban J connectivity index is 1.59. The molecule has 2 atom stereocenters. The molecule has 8 heteroatoms. The molecule has 33 heavy (non-hydrogen) atoms. The number of hydrogen-bond acceptors (Lipinski definition) is 3. The van der Waals surface area contributed by atoms with Crippen molar-refractivity contribution in [2.24, 2.45) is 17.6 Å². The second kappa shape index (κ2) is 8.01. The molecule has 0 aliphatic heterocycles. The van der Waals surface area contributed by atoms with E-state index in [4.69, 9.17) is 5.73 Å². The maximum atomic E-state index is 14.0. The van der Waals surface area contributed by atoms with E-state index in [0.717, 1.165) is 11.1 Å². The molecule has 2 heterocycles. The second-order valence-electron chi connectivity index (χ2n) is 9.32. The highest BCUT2D eigenvalue weighted by Gasteiger charge is 2.42. The number of aromatic amines is 1. The van der Waals surface area contributed by atoms with Gasteiger partial charge >= 0.3 is 0 Å². The van der Waals surface area contributed by atoms with E-state index in [-0.39, 0.29) is 52.9 Å². The van der Waals surface area contributed by atoms with Crippen molar-refractivity contribution in [3.05, 3.63) is 75.1 Å². The number of aromatic nitrogens is 2. The molecule has 2 aromatic heterocycles. The molecule has 3 aromatic rings. The van der Waals surface area contributed by atoms with Crippen LogP contribution in [0.5, 0.6) is 0 Å². The van der Waals surface area contributed by atoms with E-state index in [9.17, 15) is 22.8 Å². The fourth-order valence-electron chi connectivity index (χ4n) is 5.70. The Labute approximate surface area is 188 Å². The summed E-state index contributed by atoms with van der Waals surface area (Å²) in [6, 6.07) is 7.79. The molecule has 2 aliphatic rings. The maximum absolute atomic E-state index is 14.0. The third kappa shape index (κ3) is 4.03. The van der Waals surface area contributed by atoms with Gasteiger partial charge in [0.05, 0.1) is 10.9 Å². The lowest BCUT2D eigenvalue weighted by molar-refractivity contribution is -0.0542. The van der Waals surface area contributed by atoms with Crippen molar-refractivity contribution < 1.29 is 18.0 Å². The predicted molar refractivity (Wildman–Crippen MR) is 118 cm³/mol. The second-order valence-corrected chi connectivity index (χ2v) is 9.32. The van der Waals surface area contributed by atoms with Crippen molar-refractivity contribution in [1.82, 2.24) is 9.97 Å². The third-order valence-corrected chi connectivity index (χ3v) is 7.34. The minimum atomic E-state index is -2.63. The molecule has 2 aliphatic carbocycles. The minimum Gasteiger partial charge on any atom is -0.364 e. The van der Waals surface area contributed by atoms with Crippen LogP contribution in [0.15, 0.2) is 41.3 Å². The number of benzene rings is 1. The van der Waals surface area contributed by atoms with E-state index in [1.54, 1.807) is 12.1 Å². The van der Waals surface area contributed by atoms with E-state index in [1.165, 1.54) is 24.4 Å². The largest absolute Gasteiger partial charge is 0.364 e. The van der Waals surface area contributed by atoms with Crippen LogP contribution in [0, 0.1) is 17.7 Å². The van der Waals surface area contributed by atoms with E-state index in [2.05, 4.69) is 9.97 Å². The SMILES string of the molecule is NC(=O)c1nccc2[nH]c(C3Cc4cc(F)ccc4CC3C3CCC(F)(F)CC3)cc(=O)c12. The first-order valence-corrected chi connectivity index (χ1v) is 11.2. The van der Waals surface area contributed by atoms with Gasteiger partial charge in [-0.15, -0.1) is 0 Å². The zero-order chi connectivity index (χ0) is 23.3. The van der Waals surface area contributed by atoms with Crippen LogP contribution >= 0.6 is 0 Å². The van der Waals surface area contributed by atoms with E-state index in [0.29, 0.717) is 36.9 Å². The molecule has 1 aromatic carbocycles. The fraction of sp³-hybridized carbons (Fsp3) is 0.400. The molecule has 2 unspecified atom stereocenters. The number of H-pyrrole nitrogens is 1. The molecule has 0 radical (unpaired) electrons. The zero-order valence-electron chi connectivity index (χ0n) is 17.9. The van der Waals surface area contributed by atoms with Gasteiger partial charge in [-0.3, -0.25) is 14.6 Å². The summed E-state index contributed by atoms with van der Waals surface area (Å²) in [5, 5.41) is 0.130. The zero-order valence-corrected chi connectivity index (χ0v) is 17.9. The Morgan fingerprint density at radius 2 is 1.85 bits per heavy atom. The Morgan fingerprint density at radius 3 is 2.58 bits per heavy atom. The summed E-state index contributed by atoms with van der Waals surface area (Å²) in [7, 11) is 0. The monoisotopic (exact) mass is 455 g/mol. The summed E-state index contributed by atoms with van der Waals surface area (Å²) in [6.45, 7) is 0. The summed E-state index contributed by atoms with van der Waals surface area (Å²) >= 11 is 0. The molecule has 0 bridgehead atoms. The minimum absolute atomic E-state index is 0.0320. The van der Waals surface area contributed by atoms with Gasteiger partial charge in [0, 0.05) is 36.7 Å². The molecule has 1 fully saturated rings. The number of alkyl halides is 2. The maximum Gasteiger partial charge on any atom is 0.268 e. The smallest absolute Gasteiger partial charge is 0.268 e. The lowest BCUT2D eigenvalue weighted by Gasteiger charge is -2.41. The number of carbonyl (C=O) groups excluding carboxylic acids is 1. The fourth-order valence-corrected chi connectivity index (χ4v) is 5.70. The topological polar surface area (TPSA) is 88.8 Å². The average molecular weight is 455 g/mol. The predicted octanol–water partition coefficient (Wildman–Crippen LogP) is 4.49. The quantitative estimate of drug-likeness (QED) is 0.610. The van der Waals surface area contributed by atoms with Crippen molar-refractivity contribution in [2.75, 3.05) is 0 Å². The lowest BCUT2D eigenvalue weighted by Crippen LogP contribution is -2.35. The summed E-state index contributed by atoms with van der Waals surface area (Å²) in [4.78, 5) is 32.0. The molecular weight excluding hydrogens is 431 g/mol. The summed E-state index contributed by atoms with van der Waals surface area (Å²) in [5.41, 5.74) is 7.91. The molecule has 1 saturated carbocycles. The number of fused-ring (bicyclic) bond motifs is 2. The highest BCUT2D eigenvalue weighted by molar-refractivity contribution is 6.03. The average Bonchev–Trinajstić information content (AvgIpc) is 2.77. The lowest BCUT2D eigenvalue weighted by atomic mass is 9.65. The van der Waals surface area contributed by atoms with Crippen molar-refractivity contribution in [2.45, 2.75) is 50.4 Å². The summed E-state index contributed by atoms with van der Waals surface area (Å²) in [6.07, 6.45) is 3.10. The number of primary amides is 1. The van der Waals surface area contributed by atoms with E-state index in [1.807, 2.05) is 0 Å². The van der Waals surface area contributed by atoms with E-state index < -0.39 is 11.8 Å². The Kier molecular flexibility index (Phi) is 5.26. The molecule has 1 amide bonds. The van der Waals surface area contributed by atoms with Crippen LogP contribution in [0.3, 0.4) is 0 Å². The van der Waals surface area contributed by atoms with Crippen LogP contribution in [0.2, 0.25) is 0 Å². The number of hydrogen-bond donors (Lipinski definition) is 2. The highest BCUT2D eigenvalue weighted by Crippen LogP contribution is 2.47. The third-order valence-electron chi connectivity index (χ3n) is 7.34. The number of halogens is 3. The van der Waals surface area contributed by atoms with Gasteiger partial charge in [-0.2, -0.15) is 0 Å². The number of rotatable bonds is 3. The standard InChI is InChI=1S/C25H24F3N3O2/c26-16-2-1-14-10-17(13-3-6-25(27,28)7-4-13)18(11-15(14)9-16)20-12-21(32)22-19(31-20)5-8-30-23(22)24(29)33/h1-2,5,8-9,12-13,17-18H,3-4,6-7,10-11H2,(H2,29,33)(H,31,32). The van der Waals surface area contributed by atoms with Crippen LogP contribution in [0.25, 0.3) is 10.9 Å². The van der Waals surface area contributed by atoms with E-state index >= 15 is 0 Å². The highest BCUT2D eigenvalue weighted by atomic mass is 19.3. The number of nitrogens with zero attached hydrogens (tertiary/aromatic N) is 1. The van der Waals surface area contributed by atoms with Gasteiger partial charge < -0.3 is 10.7 Å². The van der Waals surface area contributed by atoms with Crippen LogP contribution < -0.4 is 11.2 Å². The van der Waals surface area contributed by atoms with Gasteiger partial charge in [-0.1, -0.05) is 6.07 Å². The van der Waals surface area contributed by atoms with Crippen LogP contribution in [0.1, 0.15) is 58.9 Å². The number of pyridine rings is 2.